The average Bonchev–Trinajstić information content (AvgIpc) is 2.59. The predicted molar refractivity (Wildman–Crippen MR) is 114 cm³/mol. The number of hydrogen-bond donors (Lipinski definition) is 2. The summed E-state index contributed by atoms with van der Waals surface area (Å²) in [5.41, 5.74) is 2.24. The van der Waals surface area contributed by atoms with Gasteiger partial charge in [0.05, 0.1) is 13.2 Å². The van der Waals surface area contributed by atoms with Crippen molar-refractivity contribution >= 4 is 23.0 Å². The summed E-state index contributed by atoms with van der Waals surface area (Å²) in [5.74, 6) is 1.81. The Hall–Kier alpha value is -0.460. The zero-order chi connectivity index (χ0) is 19.6. The number of methoxy groups -OCH3 is 1. The third-order valence-corrected chi connectivity index (χ3v) is 7.78. The van der Waals surface area contributed by atoms with Crippen LogP contribution in [0.4, 0.5) is 0 Å². The first-order chi connectivity index (χ1) is 12.8. The normalized spacial score (nSPS) is 21.6. The molecule has 152 valence electrons. The molecule has 1 heterocycles. The van der Waals surface area contributed by atoms with Gasteiger partial charge in [0.25, 0.3) is 0 Å². The summed E-state index contributed by atoms with van der Waals surface area (Å²) in [6.45, 7) is 7.97. The number of piperidine rings is 1. The minimum atomic E-state index is -1.16. The van der Waals surface area contributed by atoms with Crippen LogP contribution in [0.25, 0.3) is 0 Å². The molecule has 0 radical (unpaired) electrons. The van der Waals surface area contributed by atoms with Crippen LogP contribution in [-0.2, 0) is 11.4 Å². The van der Waals surface area contributed by atoms with Gasteiger partial charge in [-0.2, -0.15) is 0 Å². The van der Waals surface area contributed by atoms with Crippen LogP contribution in [0.2, 0.25) is 5.02 Å². The molecule has 6 heteroatoms. The molecule has 4 nitrogen and oxygen atoms in total. The third-order valence-electron chi connectivity index (χ3n) is 5.87. The molecule has 2 aliphatic rings. The van der Waals surface area contributed by atoms with Crippen molar-refractivity contribution in [3.63, 3.8) is 0 Å². The van der Waals surface area contributed by atoms with Gasteiger partial charge >= 0.3 is 0 Å². The van der Waals surface area contributed by atoms with Gasteiger partial charge in [0.15, 0.2) is 0 Å². The third kappa shape index (κ3) is 4.94. The number of hydrogen-bond acceptors (Lipinski definition) is 4. The van der Waals surface area contributed by atoms with Crippen LogP contribution in [0.1, 0.15) is 76.0 Å². The molecule has 1 saturated heterocycles. The molecule has 2 N–H and O–H groups in total. The highest BCUT2D eigenvalue weighted by atomic mass is 35.5. The molecule has 1 aliphatic heterocycles. The molecule has 0 spiro atoms. The first kappa shape index (κ1) is 21.3. The van der Waals surface area contributed by atoms with E-state index in [4.69, 9.17) is 16.3 Å². The maximum absolute atomic E-state index is 12.9. The summed E-state index contributed by atoms with van der Waals surface area (Å²) in [7, 11) is 1.72. The van der Waals surface area contributed by atoms with Gasteiger partial charge in [-0.25, -0.2) is 0 Å². The molecule has 27 heavy (non-hydrogen) atoms. The van der Waals surface area contributed by atoms with Crippen molar-refractivity contribution < 1.29 is 9.29 Å². The fourth-order valence-corrected chi connectivity index (χ4v) is 5.15. The Labute approximate surface area is 172 Å². The van der Waals surface area contributed by atoms with Crippen LogP contribution in [-0.4, -0.2) is 29.5 Å². The minimum Gasteiger partial charge on any atom is -0.598 e. The second kappa shape index (κ2) is 8.91. The Kier molecular flexibility index (Phi) is 7.02. The summed E-state index contributed by atoms with van der Waals surface area (Å²) in [6, 6.07) is 4.15. The number of halogens is 1. The van der Waals surface area contributed by atoms with E-state index in [-0.39, 0.29) is 10.8 Å². The van der Waals surface area contributed by atoms with E-state index in [2.05, 4.69) is 22.2 Å². The first-order valence-electron chi connectivity index (χ1n) is 10.1. The Balaban J connectivity index is 1.95. The van der Waals surface area contributed by atoms with Gasteiger partial charge in [0, 0.05) is 21.9 Å². The summed E-state index contributed by atoms with van der Waals surface area (Å²) in [6.07, 6.45) is 5.77. The number of ether oxygens (including phenoxy) is 1. The highest BCUT2D eigenvalue weighted by Gasteiger charge is 2.36. The van der Waals surface area contributed by atoms with Crippen molar-refractivity contribution in [2.75, 3.05) is 20.2 Å². The van der Waals surface area contributed by atoms with Crippen molar-refractivity contribution in [1.29, 1.82) is 0 Å². The number of nitrogens with one attached hydrogen (secondary N) is 2. The topological polar surface area (TPSA) is 56.3 Å². The summed E-state index contributed by atoms with van der Waals surface area (Å²) in [5, 5.41) is 4.24. The Morgan fingerprint density at radius 3 is 2.41 bits per heavy atom. The molecule has 1 saturated carbocycles. The van der Waals surface area contributed by atoms with E-state index < -0.39 is 11.4 Å². The lowest BCUT2D eigenvalue weighted by atomic mass is 9.78. The maximum Gasteiger partial charge on any atom is 0.136 e. The van der Waals surface area contributed by atoms with E-state index >= 15 is 0 Å². The van der Waals surface area contributed by atoms with Crippen LogP contribution in [0.15, 0.2) is 12.1 Å². The molecule has 1 aliphatic carbocycles. The highest BCUT2D eigenvalue weighted by molar-refractivity contribution is 7.90. The number of benzene rings is 1. The van der Waals surface area contributed by atoms with Crippen LogP contribution in [0.3, 0.4) is 0 Å². The van der Waals surface area contributed by atoms with Crippen molar-refractivity contribution in [3.05, 3.63) is 28.3 Å². The van der Waals surface area contributed by atoms with E-state index in [1.807, 2.05) is 20.8 Å². The van der Waals surface area contributed by atoms with Crippen LogP contribution >= 0.6 is 11.6 Å². The quantitative estimate of drug-likeness (QED) is 0.664. The van der Waals surface area contributed by atoms with E-state index in [9.17, 15) is 4.55 Å². The second-order valence-corrected chi connectivity index (χ2v) is 11.2. The molecule has 3 rings (SSSR count). The van der Waals surface area contributed by atoms with Crippen molar-refractivity contribution in [2.24, 2.45) is 5.92 Å². The van der Waals surface area contributed by atoms with Crippen molar-refractivity contribution in [3.8, 4) is 5.75 Å². The number of rotatable bonds is 6. The van der Waals surface area contributed by atoms with Gasteiger partial charge < -0.3 is 14.6 Å². The lowest BCUT2D eigenvalue weighted by molar-refractivity contribution is 0.297. The lowest BCUT2D eigenvalue weighted by Crippen LogP contribution is -2.45. The molecule has 0 aromatic heterocycles. The Bertz CT molecular complexity index is 640. The molecule has 0 amide bonds. The average molecular weight is 413 g/mol. The summed E-state index contributed by atoms with van der Waals surface area (Å²) in [4.78, 5) is 0. The van der Waals surface area contributed by atoms with Gasteiger partial charge in [-0.1, -0.05) is 18.0 Å². The second-order valence-electron chi connectivity index (χ2n) is 8.81. The first-order valence-corrected chi connectivity index (χ1v) is 11.6. The van der Waals surface area contributed by atoms with Crippen molar-refractivity contribution in [2.45, 2.75) is 69.6 Å². The molecule has 2 atom stereocenters. The van der Waals surface area contributed by atoms with Gasteiger partial charge in [-0.05, 0) is 89.1 Å². The standard InChI is InChI=1S/C21H33ClN2O2S/c1-21(2,3)27(25)24-20(15-8-10-23-11-9-15)17-12-18(22)16(13-19(17)26-4)14-6-5-7-14/h12-15,20,23-24H,5-11H2,1-4H3. The maximum atomic E-state index is 12.9. The summed E-state index contributed by atoms with van der Waals surface area (Å²) >= 11 is 5.54. The monoisotopic (exact) mass is 412 g/mol. The van der Waals surface area contributed by atoms with E-state index in [0.29, 0.717) is 11.8 Å². The van der Waals surface area contributed by atoms with Gasteiger partial charge in [-0.15, -0.1) is 4.72 Å². The fraction of sp³-hybridized carbons (Fsp3) is 0.714. The lowest BCUT2D eigenvalue weighted by Gasteiger charge is -2.35. The van der Waals surface area contributed by atoms with Crippen LogP contribution in [0.5, 0.6) is 5.75 Å². The predicted octanol–water partition coefficient (Wildman–Crippen LogP) is 4.71. The molecular formula is C21H33ClN2O2S. The van der Waals surface area contributed by atoms with Gasteiger partial charge in [-0.3, -0.25) is 0 Å². The fourth-order valence-electron chi connectivity index (χ4n) is 3.92. The van der Waals surface area contributed by atoms with E-state index in [1.165, 1.54) is 24.8 Å². The zero-order valence-corrected chi connectivity index (χ0v) is 18.5. The van der Waals surface area contributed by atoms with Crippen molar-refractivity contribution in [1.82, 2.24) is 10.0 Å². The SMILES string of the molecule is COc1cc(C2CCC2)c(Cl)cc1C(N[S+]([O-])C(C)(C)C)C1CCNCC1. The zero-order valence-electron chi connectivity index (χ0n) is 16.9. The van der Waals surface area contributed by atoms with Gasteiger partial charge in [0.1, 0.15) is 10.5 Å². The Morgan fingerprint density at radius 2 is 1.89 bits per heavy atom. The molecule has 0 bridgehead atoms. The van der Waals surface area contributed by atoms with Crippen LogP contribution in [0, 0.1) is 5.92 Å². The molecule has 1 aromatic carbocycles. The smallest absolute Gasteiger partial charge is 0.136 e. The largest absolute Gasteiger partial charge is 0.598 e. The van der Waals surface area contributed by atoms with Crippen LogP contribution < -0.4 is 14.8 Å². The minimum absolute atomic E-state index is 0.0324. The molecule has 1 aromatic rings. The highest BCUT2D eigenvalue weighted by Crippen LogP contribution is 2.45. The molecule has 2 fully saturated rings. The Morgan fingerprint density at radius 1 is 1.22 bits per heavy atom. The van der Waals surface area contributed by atoms with Gasteiger partial charge in [0.2, 0.25) is 0 Å². The van der Waals surface area contributed by atoms with E-state index in [0.717, 1.165) is 42.3 Å². The molecular weight excluding hydrogens is 380 g/mol. The van der Waals surface area contributed by atoms with E-state index in [1.54, 1.807) is 7.11 Å². The summed E-state index contributed by atoms with van der Waals surface area (Å²) < 4.78 is 21.8. The molecule has 2 unspecified atom stereocenters.